The van der Waals surface area contributed by atoms with Crippen LogP contribution in [-0.4, -0.2) is 43.0 Å². The van der Waals surface area contributed by atoms with Crippen molar-refractivity contribution in [2.45, 2.75) is 44.1 Å². The minimum atomic E-state index is 0.0356. The average molecular weight is 452 g/mol. The molecule has 2 aliphatic rings. The molecule has 0 unspecified atom stereocenters. The molecule has 1 saturated carbocycles. The van der Waals surface area contributed by atoms with Gasteiger partial charge in [-0.1, -0.05) is 19.3 Å². The van der Waals surface area contributed by atoms with Crippen LogP contribution in [0.4, 0.5) is 11.5 Å². The summed E-state index contributed by atoms with van der Waals surface area (Å²) in [5.74, 6) is 0.794. The van der Waals surface area contributed by atoms with Gasteiger partial charge in [0.25, 0.3) is 0 Å². The summed E-state index contributed by atoms with van der Waals surface area (Å²) in [6.45, 7) is 1.32. The van der Waals surface area contributed by atoms with Gasteiger partial charge in [-0.05, 0) is 48.7 Å². The van der Waals surface area contributed by atoms with Crippen molar-refractivity contribution in [3.63, 3.8) is 0 Å². The van der Waals surface area contributed by atoms with Crippen LogP contribution in [0.2, 0.25) is 0 Å². The van der Waals surface area contributed by atoms with E-state index in [1.165, 1.54) is 24.8 Å². The molecule has 0 radical (unpaired) electrons. The molecule has 1 aliphatic carbocycles. The molecule has 0 bridgehead atoms. The monoisotopic (exact) mass is 451 g/mol. The highest BCUT2D eigenvalue weighted by atomic mass is 16.3. The molecule has 1 spiro atoms. The van der Waals surface area contributed by atoms with Gasteiger partial charge in [-0.2, -0.15) is 10.4 Å². The van der Waals surface area contributed by atoms with E-state index in [-0.39, 0.29) is 12.0 Å². The van der Waals surface area contributed by atoms with Crippen molar-refractivity contribution in [1.29, 1.82) is 5.26 Å². The lowest BCUT2D eigenvalue weighted by Gasteiger charge is -2.34. The quantitative estimate of drug-likeness (QED) is 0.498. The molecule has 1 fully saturated rings. The SMILES string of the molecule is N#Cc1ccc2c(c1)C1(CCCCC1)CN2c1ncnc2ccc(-c3cnn(CCO)c3)nc12. The fraction of sp³-hybridized carbons (Fsp3) is 0.346. The van der Waals surface area contributed by atoms with Crippen molar-refractivity contribution >= 4 is 22.5 Å². The van der Waals surface area contributed by atoms with Crippen molar-refractivity contribution in [1.82, 2.24) is 24.7 Å². The lowest BCUT2D eigenvalue weighted by atomic mass is 9.70. The Morgan fingerprint density at radius 3 is 2.79 bits per heavy atom. The predicted molar refractivity (Wildman–Crippen MR) is 129 cm³/mol. The predicted octanol–water partition coefficient (Wildman–Crippen LogP) is 4.11. The Balaban J connectivity index is 1.48. The molecule has 8 heteroatoms. The van der Waals surface area contributed by atoms with Gasteiger partial charge in [0, 0.05) is 29.4 Å². The van der Waals surface area contributed by atoms with E-state index < -0.39 is 0 Å². The zero-order chi connectivity index (χ0) is 23.1. The van der Waals surface area contributed by atoms with Crippen molar-refractivity contribution in [2.24, 2.45) is 0 Å². The topological polar surface area (TPSA) is 104 Å². The minimum absolute atomic E-state index is 0.0356. The number of rotatable bonds is 4. The lowest BCUT2D eigenvalue weighted by Crippen LogP contribution is -2.34. The summed E-state index contributed by atoms with van der Waals surface area (Å²) in [5, 5.41) is 23.1. The van der Waals surface area contributed by atoms with Crippen LogP contribution < -0.4 is 4.90 Å². The summed E-state index contributed by atoms with van der Waals surface area (Å²) in [6, 6.07) is 12.3. The molecule has 4 aromatic rings. The average Bonchev–Trinajstić information content (AvgIpc) is 3.47. The zero-order valence-corrected chi connectivity index (χ0v) is 18.9. The molecule has 170 valence electrons. The van der Waals surface area contributed by atoms with E-state index in [1.54, 1.807) is 17.2 Å². The van der Waals surface area contributed by atoms with Crippen LogP contribution in [0, 0.1) is 11.3 Å². The van der Waals surface area contributed by atoms with Crippen molar-refractivity contribution in [3.8, 4) is 17.3 Å². The molecule has 1 aliphatic heterocycles. The molecule has 3 aromatic heterocycles. The number of aliphatic hydroxyl groups excluding tert-OH is 1. The van der Waals surface area contributed by atoms with Gasteiger partial charge in [0.1, 0.15) is 11.8 Å². The number of pyridine rings is 1. The Bertz CT molecular complexity index is 1410. The maximum Gasteiger partial charge on any atom is 0.163 e. The van der Waals surface area contributed by atoms with Crippen LogP contribution in [0.1, 0.15) is 43.2 Å². The molecule has 8 nitrogen and oxygen atoms in total. The first-order chi connectivity index (χ1) is 16.7. The lowest BCUT2D eigenvalue weighted by molar-refractivity contribution is 0.269. The van der Waals surface area contributed by atoms with Gasteiger partial charge in [-0.3, -0.25) is 4.68 Å². The summed E-state index contributed by atoms with van der Waals surface area (Å²) in [5.41, 5.74) is 6.34. The number of aliphatic hydroxyl groups is 1. The number of hydrogen-bond donors (Lipinski definition) is 1. The first-order valence-electron chi connectivity index (χ1n) is 11.8. The number of hydrogen-bond acceptors (Lipinski definition) is 7. The number of fused-ring (bicyclic) bond motifs is 3. The number of aromatic nitrogens is 5. The number of benzene rings is 1. The van der Waals surface area contributed by atoms with Gasteiger partial charge in [-0.25, -0.2) is 15.0 Å². The van der Waals surface area contributed by atoms with Crippen LogP contribution in [0.15, 0.2) is 49.1 Å². The highest BCUT2D eigenvalue weighted by Gasteiger charge is 2.44. The minimum Gasteiger partial charge on any atom is -0.394 e. The fourth-order valence-electron chi connectivity index (χ4n) is 5.59. The van der Waals surface area contributed by atoms with E-state index in [1.807, 2.05) is 24.4 Å². The Labute approximate surface area is 197 Å². The van der Waals surface area contributed by atoms with E-state index in [0.717, 1.165) is 53.2 Å². The number of nitrogens with zero attached hydrogens (tertiary/aromatic N) is 7. The molecule has 1 N–H and O–H groups in total. The Morgan fingerprint density at radius 1 is 1.09 bits per heavy atom. The molecule has 0 atom stereocenters. The smallest absolute Gasteiger partial charge is 0.163 e. The van der Waals surface area contributed by atoms with Gasteiger partial charge in [-0.15, -0.1) is 0 Å². The van der Waals surface area contributed by atoms with Crippen LogP contribution in [0.5, 0.6) is 0 Å². The summed E-state index contributed by atoms with van der Waals surface area (Å²) >= 11 is 0. The van der Waals surface area contributed by atoms with Gasteiger partial charge < -0.3 is 10.0 Å². The second-order valence-electron chi connectivity index (χ2n) is 9.25. The summed E-state index contributed by atoms with van der Waals surface area (Å²) < 4.78 is 1.71. The van der Waals surface area contributed by atoms with E-state index in [0.29, 0.717) is 12.1 Å². The van der Waals surface area contributed by atoms with E-state index >= 15 is 0 Å². The Hall–Kier alpha value is -3.83. The molecule has 6 rings (SSSR count). The largest absolute Gasteiger partial charge is 0.394 e. The van der Waals surface area contributed by atoms with Gasteiger partial charge >= 0.3 is 0 Å². The fourth-order valence-corrected chi connectivity index (χ4v) is 5.59. The van der Waals surface area contributed by atoms with E-state index in [2.05, 4.69) is 33.2 Å². The third kappa shape index (κ3) is 3.32. The molecule has 34 heavy (non-hydrogen) atoms. The van der Waals surface area contributed by atoms with Crippen molar-refractivity contribution < 1.29 is 5.11 Å². The maximum atomic E-state index is 9.54. The normalized spacial score (nSPS) is 16.6. The first-order valence-corrected chi connectivity index (χ1v) is 11.8. The van der Waals surface area contributed by atoms with Gasteiger partial charge in [0.15, 0.2) is 5.82 Å². The van der Waals surface area contributed by atoms with Crippen molar-refractivity contribution in [3.05, 3.63) is 60.2 Å². The molecule has 1 aromatic carbocycles. The number of nitriles is 1. The molecule has 4 heterocycles. The van der Waals surface area contributed by atoms with Gasteiger partial charge in [0.2, 0.25) is 0 Å². The second kappa shape index (κ2) is 8.19. The molecular weight excluding hydrogens is 426 g/mol. The third-order valence-electron chi connectivity index (χ3n) is 7.24. The maximum absolute atomic E-state index is 9.54. The second-order valence-corrected chi connectivity index (χ2v) is 9.25. The van der Waals surface area contributed by atoms with Crippen LogP contribution in [0.3, 0.4) is 0 Å². The first kappa shape index (κ1) is 20.8. The molecular formula is C26H25N7O. The van der Waals surface area contributed by atoms with Crippen molar-refractivity contribution in [2.75, 3.05) is 18.1 Å². The Morgan fingerprint density at radius 2 is 1.97 bits per heavy atom. The highest BCUT2D eigenvalue weighted by Crippen LogP contribution is 2.52. The van der Waals surface area contributed by atoms with Crippen LogP contribution in [0.25, 0.3) is 22.3 Å². The Kier molecular flexibility index (Phi) is 5.00. The number of anilines is 2. The van der Waals surface area contributed by atoms with E-state index in [9.17, 15) is 10.4 Å². The van der Waals surface area contributed by atoms with Gasteiger partial charge in [0.05, 0.1) is 42.2 Å². The van der Waals surface area contributed by atoms with Crippen LogP contribution >= 0.6 is 0 Å². The summed E-state index contributed by atoms with van der Waals surface area (Å²) in [4.78, 5) is 16.4. The molecule has 0 saturated heterocycles. The third-order valence-corrected chi connectivity index (χ3v) is 7.24. The standard InChI is InChI=1S/C26H25N7O/c27-13-18-4-7-23-20(12-18)26(8-2-1-3-9-26)16-33(23)25-24-22(28-17-29-25)6-5-21(31-24)19-14-30-32(15-19)10-11-34/h4-7,12,14-15,17,34H,1-3,8-11,16H2. The summed E-state index contributed by atoms with van der Waals surface area (Å²) in [7, 11) is 0. The van der Waals surface area contributed by atoms with Crippen LogP contribution in [-0.2, 0) is 12.0 Å². The van der Waals surface area contributed by atoms with E-state index in [4.69, 9.17) is 9.97 Å². The summed E-state index contributed by atoms with van der Waals surface area (Å²) in [6.07, 6.45) is 11.2. The highest BCUT2D eigenvalue weighted by molar-refractivity contribution is 5.91. The zero-order valence-electron chi connectivity index (χ0n) is 18.9. The molecule has 0 amide bonds.